The molecule has 0 aliphatic carbocycles. The van der Waals surface area contributed by atoms with Crippen LogP contribution in [0.15, 0.2) is 5.16 Å². The van der Waals surface area contributed by atoms with E-state index in [1.807, 2.05) is 0 Å². The molecule has 0 amide bonds. The third-order valence-electron chi connectivity index (χ3n) is 0.0667. The van der Waals surface area contributed by atoms with Gasteiger partial charge in [0.2, 0.25) is 0 Å². The van der Waals surface area contributed by atoms with E-state index in [-0.39, 0.29) is 0 Å². The highest BCUT2D eigenvalue weighted by atomic mass is 16.4. The molecule has 0 aliphatic heterocycles. The first-order valence-corrected chi connectivity index (χ1v) is 0.792. The molecule has 0 heterocycles. The van der Waals surface area contributed by atoms with E-state index in [4.69, 9.17) is 5.21 Å². The average molecular weight is 54.8 g/mol. The summed E-state index contributed by atoms with van der Waals surface area (Å²) >= 11 is 0. The monoisotopic (exact) mass is 55.0 g/mol. The Bertz CT molecular complexity index is 23.2. The summed E-state index contributed by atoms with van der Waals surface area (Å²) in [6.45, 7) is 0. The zero-order valence-corrected chi connectivity index (χ0v) is 2.05. The van der Waals surface area contributed by atoms with Crippen molar-refractivity contribution in [2.75, 3.05) is 0 Å². The van der Waals surface area contributed by atoms with E-state index in [1.54, 1.807) is 0 Å². The van der Waals surface area contributed by atoms with Crippen LogP contribution < -0.4 is 0 Å². The van der Waals surface area contributed by atoms with Crippen molar-refractivity contribution in [1.29, 1.82) is 0 Å². The molecule has 0 aromatic carbocycles. The molecule has 0 aromatic heterocycles. The van der Waals surface area contributed by atoms with Crippen LogP contribution in [0.25, 0.3) is 0 Å². The molecule has 0 unspecified atom stereocenters. The molecule has 0 aliphatic rings. The lowest BCUT2D eigenvalue weighted by atomic mass is 10.2. The van der Waals surface area contributed by atoms with E-state index in [0.29, 0.717) is 0 Å². The van der Waals surface area contributed by atoms with E-state index < -0.39 is 0 Å². The summed E-state index contributed by atoms with van der Waals surface area (Å²) in [6.07, 6.45) is 0.806. The van der Waals surface area contributed by atoms with Crippen LogP contribution >= 0.6 is 0 Å². The van der Waals surface area contributed by atoms with Gasteiger partial charge in [-0.05, 0) is 6.11 Å². The van der Waals surface area contributed by atoms with Crippen LogP contribution in [-0.4, -0.2) is 19.2 Å². The van der Waals surface area contributed by atoms with Crippen LogP contribution in [0, 0.1) is 0 Å². The van der Waals surface area contributed by atoms with Crippen LogP contribution in [-0.2, 0) is 0 Å². The van der Waals surface area contributed by atoms with E-state index in [2.05, 4.69) is 13.0 Å². The van der Waals surface area contributed by atoms with Crippen molar-refractivity contribution in [3.8, 4) is 0 Å². The van der Waals surface area contributed by atoms with Gasteiger partial charge in [0.25, 0.3) is 0 Å². The van der Waals surface area contributed by atoms with E-state index >= 15 is 0 Å². The summed E-state index contributed by atoms with van der Waals surface area (Å²) in [4.78, 5) is 0. The van der Waals surface area contributed by atoms with Gasteiger partial charge < -0.3 is 5.21 Å². The first-order chi connectivity index (χ1) is 1.91. The van der Waals surface area contributed by atoms with Gasteiger partial charge in [0.1, 0.15) is 7.85 Å². The van der Waals surface area contributed by atoms with Crippen LogP contribution in [0.3, 0.4) is 0 Å². The Morgan fingerprint density at radius 1 is 2.00 bits per heavy atom. The van der Waals surface area contributed by atoms with Crippen molar-refractivity contribution < 1.29 is 5.21 Å². The van der Waals surface area contributed by atoms with Gasteiger partial charge in [-0.1, -0.05) is 0 Å². The van der Waals surface area contributed by atoms with Crippen LogP contribution in [0.1, 0.15) is 0 Å². The SMILES string of the molecule is [B]C=NO. The Morgan fingerprint density at radius 2 is 2.25 bits per heavy atom. The third kappa shape index (κ3) is 1.53. The Labute approximate surface area is 25.5 Å². The van der Waals surface area contributed by atoms with Gasteiger partial charge in [0, 0.05) is 0 Å². The summed E-state index contributed by atoms with van der Waals surface area (Å²) in [5, 5.41) is 9.71. The molecule has 0 spiro atoms. The van der Waals surface area contributed by atoms with Crippen molar-refractivity contribution >= 4 is 14.0 Å². The zero-order chi connectivity index (χ0) is 3.41. The highest BCUT2D eigenvalue weighted by molar-refractivity contribution is 6.49. The lowest BCUT2D eigenvalue weighted by Crippen LogP contribution is -1.59. The Balaban J connectivity index is 2.55. The average Bonchev–Trinajstić information content (AvgIpc) is 1.37. The van der Waals surface area contributed by atoms with Crippen molar-refractivity contribution in [3.05, 3.63) is 0 Å². The van der Waals surface area contributed by atoms with Gasteiger partial charge in [0.15, 0.2) is 0 Å². The van der Waals surface area contributed by atoms with Gasteiger partial charge in [-0.3, -0.25) is 0 Å². The van der Waals surface area contributed by atoms with Gasteiger partial charge >= 0.3 is 0 Å². The second-order valence-electron chi connectivity index (χ2n) is 0.265. The highest BCUT2D eigenvalue weighted by Crippen LogP contribution is 1.31. The molecule has 1 N–H and O–H groups in total. The minimum absolute atomic E-state index is 0.806. The standard InChI is InChI=1S/CH2BNO/c2-1-3-4/h1,4H. The summed E-state index contributed by atoms with van der Waals surface area (Å²) in [5.41, 5.74) is 0. The number of oxime groups is 1. The van der Waals surface area contributed by atoms with Crippen LogP contribution in [0.5, 0.6) is 0 Å². The third-order valence-corrected chi connectivity index (χ3v) is 0.0667. The molecule has 0 atom stereocenters. The molecule has 0 aromatic rings. The molecular weight excluding hydrogens is 52.8 g/mol. The zero-order valence-electron chi connectivity index (χ0n) is 2.05. The number of hydrogen-bond acceptors (Lipinski definition) is 2. The summed E-state index contributed by atoms with van der Waals surface area (Å²) in [7, 11) is 4.49. The molecule has 3 heteroatoms. The maximum Gasteiger partial charge on any atom is 0.135 e. The Morgan fingerprint density at radius 3 is 2.25 bits per heavy atom. The summed E-state index contributed by atoms with van der Waals surface area (Å²) in [5.74, 6) is 0. The molecule has 2 nitrogen and oxygen atoms in total. The second kappa shape index (κ2) is 2.53. The maximum atomic E-state index is 7.32. The minimum Gasteiger partial charge on any atom is -0.412 e. The maximum absolute atomic E-state index is 7.32. The van der Waals surface area contributed by atoms with Crippen molar-refractivity contribution in [3.63, 3.8) is 0 Å². The molecule has 0 rings (SSSR count). The normalized spacial score (nSPS) is 9.00. The predicted octanol–water partition coefficient (Wildman–Crippen LogP) is -0.428. The van der Waals surface area contributed by atoms with E-state index in [9.17, 15) is 0 Å². The molecule has 20 valence electrons. The van der Waals surface area contributed by atoms with Gasteiger partial charge in [-0.25, -0.2) is 0 Å². The Kier molecular flexibility index (Phi) is 2.24. The van der Waals surface area contributed by atoms with Gasteiger partial charge in [-0.15, -0.1) is 5.16 Å². The number of hydrogen-bond donors (Lipinski definition) is 1. The van der Waals surface area contributed by atoms with Crippen molar-refractivity contribution in [2.24, 2.45) is 5.16 Å². The fourth-order valence-electron chi connectivity index (χ4n) is 0. The first-order valence-electron chi connectivity index (χ1n) is 0.792. The molecule has 2 radical (unpaired) electrons. The van der Waals surface area contributed by atoms with Gasteiger partial charge in [-0.2, -0.15) is 0 Å². The van der Waals surface area contributed by atoms with Crippen LogP contribution in [0.4, 0.5) is 0 Å². The molecule has 4 heavy (non-hydrogen) atoms. The summed E-state index contributed by atoms with van der Waals surface area (Å²) in [6, 6.07) is 0. The molecular formula is CH2BNO. The number of nitrogens with zero attached hydrogens (tertiary/aromatic N) is 1. The smallest absolute Gasteiger partial charge is 0.135 e. The molecule has 0 fully saturated rings. The molecule has 0 saturated carbocycles. The molecule has 0 bridgehead atoms. The fourth-order valence-corrected chi connectivity index (χ4v) is 0. The Hall–Kier alpha value is -0.465. The van der Waals surface area contributed by atoms with E-state index in [1.165, 1.54) is 0 Å². The highest BCUT2D eigenvalue weighted by Gasteiger charge is 1.36. The lowest BCUT2D eigenvalue weighted by Gasteiger charge is -1.54. The molecule has 0 saturated heterocycles. The fraction of sp³-hybridized carbons (Fsp3) is 0. The summed E-state index contributed by atoms with van der Waals surface area (Å²) < 4.78 is 0. The lowest BCUT2D eigenvalue weighted by molar-refractivity contribution is 0.323. The predicted molar refractivity (Wildman–Crippen MR) is 16.0 cm³/mol. The van der Waals surface area contributed by atoms with Gasteiger partial charge in [0.05, 0.1) is 0 Å². The second-order valence-corrected chi connectivity index (χ2v) is 0.265. The minimum atomic E-state index is 0.806. The van der Waals surface area contributed by atoms with Crippen LogP contribution in [0.2, 0.25) is 0 Å². The van der Waals surface area contributed by atoms with E-state index in [0.717, 1.165) is 6.11 Å². The first kappa shape index (κ1) is 3.53. The largest absolute Gasteiger partial charge is 0.412 e. The topological polar surface area (TPSA) is 32.6 Å². The van der Waals surface area contributed by atoms with Crippen molar-refractivity contribution in [1.82, 2.24) is 0 Å². The number of rotatable bonds is 0. The quantitative estimate of drug-likeness (QED) is 0.173. The van der Waals surface area contributed by atoms with Crippen molar-refractivity contribution in [2.45, 2.75) is 0 Å².